The van der Waals surface area contributed by atoms with Gasteiger partial charge in [-0.25, -0.2) is 4.98 Å². The van der Waals surface area contributed by atoms with Crippen molar-refractivity contribution in [1.82, 2.24) is 9.97 Å². The molecule has 4 aromatic rings. The molecule has 0 aliphatic carbocycles. The van der Waals surface area contributed by atoms with Gasteiger partial charge in [-0.3, -0.25) is 4.98 Å². The molecule has 2 N–H and O–H groups in total. The molecule has 0 spiro atoms. The van der Waals surface area contributed by atoms with Gasteiger partial charge in [0.2, 0.25) is 0 Å². The van der Waals surface area contributed by atoms with E-state index in [1.54, 1.807) is 36.5 Å². The summed E-state index contributed by atoms with van der Waals surface area (Å²) in [6, 6.07) is 30.1. The fourth-order valence-corrected chi connectivity index (χ4v) is 2.24. The molecule has 2 heterocycles. The maximum Gasteiger partial charge on any atom is 0.488 e. The van der Waals surface area contributed by atoms with Crippen molar-refractivity contribution in [2.75, 3.05) is 0 Å². The van der Waals surface area contributed by atoms with E-state index < -0.39 is 7.12 Å². The van der Waals surface area contributed by atoms with Crippen LogP contribution in [0.4, 0.5) is 0 Å². The van der Waals surface area contributed by atoms with E-state index in [0.29, 0.717) is 10.6 Å². The van der Waals surface area contributed by atoms with Crippen molar-refractivity contribution in [3.63, 3.8) is 0 Å². The molecule has 2 aromatic heterocycles. The van der Waals surface area contributed by atoms with Crippen molar-refractivity contribution in [1.29, 1.82) is 0 Å². The topological polar surface area (TPSA) is 66.2 Å². The monoisotopic (exact) mass is 764 g/mol. The molecule has 0 bridgehead atoms. The Kier molecular flexibility index (Phi) is 48.3. The molecule has 0 saturated carbocycles. The van der Waals surface area contributed by atoms with E-state index in [2.05, 4.69) is 22.1 Å². The van der Waals surface area contributed by atoms with Gasteiger partial charge in [0, 0.05) is 104 Å². The molecule has 0 aliphatic rings. The van der Waals surface area contributed by atoms with Crippen LogP contribution in [-0.4, -0.2) is 27.1 Å². The summed E-state index contributed by atoms with van der Waals surface area (Å²) in [6.07, 6.45) is 3.46. The first kappa shape index (κ1) is 49.8. The minimum atomic E-state index is -1.34. The number of hydrogen-bond donors (Lipinski definition) is 2. The second-order valence-electron chi connectivity index (χ2n) is 5.52. The summed E-state index contributed by atoms with van der Waals surface area (Å²) in [5.41, 5.74) is 2.72. The van der Waals surface area contributed by atoms with Gasteiger partial charge in [-0.1, -0.05) is 112 Å². The molecule has 0 aliphatic heterocycles. The van der Waals surface area contributed by atoms with Gasteiger partial charge in [-0.15, -0.1) is 0 Å². The summed E-state index contributed by atoms with van der Waals surface area (Å²) in [6.45, 7) is 8.00. The summed E-state index contributed by atoms with van der Waals surface area (Å²) in [5.74, 6) is 0. The molecule has 37 heavy (non-hydrogen) atoms. The Labute approximate surface area is 295 Å². The van der Waals surface area contributed by atoms with Gasteiger partial charge in [-0.05, 0) is 29.7 Å². The van der Waals surface area contributed by atoms with E-state index >= 15 is 0 Å². The van der Waals surface area contributed by atoms with E-state index in [9.17, 15) is 0 Å². The SMILES string of the molecule is CC.CC.Clc1ccccn1.OB(O)c1ccccc1.[CH3-].[CH3-].[Pd].[Y].[Y].c1ccc(-c2ccccn2)cc1. The van der Waals surface area contributed by atoms with Crippen LogP contribution in [0.25, 0.3) is 11.3 Å². The summed E-state index contributed by atoms with van der Waals surface area (Å²) in [4.78, 5) is 7.99. The van der Waals surface area contributed by atoms with Gasteiger partial charge >= 0.3 is 7.12 Å². The zero-order valence-corrected chi connectivity index (χ0v) is 30.6. The molecule has 0 fully saturated rings. The Balaban J connectivity index is -0.0000000877. The van der Waals surface area contributed by atoms with Crippen molar-refractivity contribution >= 4 is 24.2 Å². The third-order valence-electron chi connectivity index (χ3n) is 3.46. The van der Waals surface area contributed by atoms with Crippen LogP contribution >= 0.6 is 11.6 Å². The number of pyridine rings is 2. The zero-order valence-electron chi connectivity index (χ0n) is 22.6. The van der Waals surface area contributed by atoms with Crippen LogP contribution in [0, 0.1) is 14.9 Å². The largest absolute Gasteiger partial charge is 0.488 e. The van der Waals surface area contributed by atoms with Gasteiger partial charge in [0.05, 0.1) is 5.69 Å². The fourth-order valence-electron chi connectivity index (χ4n) is 2.11. The maximum atomic E-state index is 8.58. The maximum absolute atomic E-state index is 8.58. The Morgan fingerprint density at radius 3 is 1.30 bits per heavy atom. The van der Waals surface area contributed by atoms with Gasteiger partial charge in [-0.2, -0.15) is 0 Å². The van der Waals surface area contributed by atoms with Crippen LogP contribution in [0.2, 0.25) is 5.15 Å². The van der Waals surface area contributed by atoms with Crippen LogP contribution in [0.3, 0.4) is 0 Å². The van der Waals surface area contributed by atoms with Gasteiger partial charge in [0.25, 0.3) is 0 Å². The Hall–Kier alpha value is -0.115. The Bertz CT molecular complexity index is 879. The van der Waals surface area contributed by atoms with E-state index in [0.717, 1.165) is 11.3 Å². The summed E-state index contributed by atoms with van der Waals surface area (Å²) >= 11 is 5.43. The normalized spacial score (nSPS) is 7.32. The van der Waals surface area contributed by atoms with E-state index in [1.165, 1.54) is 0 Å². The smallest absolute Gasteiger partial charge is 0.423 e. The van der Waals surface area contributed by atoms with Crippen LogP contribution in [0.1, 0.15) is 27.7 Å². The van der Waals surface area contributed by atoms with Crippen molar-refractivity contribution < 1.29 is 95.9 Å². The molecule has 2 radical (unpaired) electrons. The first-order valence-corrected chi connectivity index (χ1v) is 11.0. The Morgan fingerprint density at radius 2 is 1.00 bits per heavy atom. The van der Waals surface area contributed by atoms with Crippen LogP contribution in [0.5, 0.6) is 0 Å². The summed E-state index contributed by atoms with van der Waals surface area (Å²) in [5, 5.41) is 17.7. The summed E-state index contributed by atoms with van der Waals surface area (Å²) < 4.78 is 0. The molecule has 200 valence electrons. The molecule has 0 amide bonds. The van der Waals surface area contributed by atoms with E-state index in [1.807, 2.05) is 88.5 Å². The molecule has 0 saturated heterocycles. The fraction of sp³-hybridized carbons (Fsp3) is 0.143. The first-order chi connectivity index (χ1) is 15.7. The number of benzene rings is 2. The number of rotatable bonds is 2. The van der Waals surface area contributed by atoms with Crippen molar-refractivity contribution in [3.8, 4) is 11.3 Å². The molecule has 2 aromatic carbocycles. The Morgan fingerprint density at radius 1 is 0.595 bits per heavy atom. The molecule has 9 heteroatoms. The van der Waals surface area contributed by atoms with E-state index in [4.69, 9.17) is 21.6 Å². The third kappa shape index (κ3) is 25.9. The van der Waals surface area contributed by atoms with Crippen LogP contribution in [-0.2, 0) is 85.8 Å². The molecule has 4 nitrogen and oxygen atoms in total. The van der Waals surface area contributed by atoms with Crippen LogP contribution < -0.4 is 5.46 Å². The van der Waals surface area contributed by atoms with Gasteiger partial charge in [0.15, 0.2) is 0 Å². The molecule has 0 atom stereocenters. The van der Waals surface area contributed by atoms with Crippen molar-refractivity contribution in [3.05, 3.63) is 129 Å². The summed E-state index contributed by atoms with van der Waals surface area (Å²) in [7, 11) is -1.34. The minimum Gasteiger partial charge on any atom is -0.423 e. The van der Waals surface area contributed by atoms with Crippen molar-refractivity contribution in [2.24, 2.45) is 0 Å². The predicted octanol–water partition coefficient (Wildman–Crippen LogP) is 6.80. The first-order valence-electron chi connectivity index (χ1n) is 10.6. The number of halogens is 1. The van der Waals surface area contributed by atoms with Gasteiger partial charge in [0.1, 0.15) is 5.15 Å². The minimum absolute atomic E-state index is 0. The number of nitrogens with zero attached hydrogens (tertiary/aromatic N) is 2. The third-order valence-corrected chi connectivity index (χ3v) is 3.68. The second-order valence-corrected chi connectivity index (χ2v) is 5.91. The van der Waals surface area contributed by atoms with E-state index in [-0.39, 0.29) is 101 Å². The molecular weight excluding hydrogens is 727 g/mol. The molecular formula is C28H38BClN2O2PdY2-2. The van der Waals surface area contributed by atoms with Crippen LogP contribution in [0.15, 0.2) is 109 Å². The number of aromatic nitrogens is 2. The second kappa shape index (κ2) is 35.9. The predicted molar refractivity (Wildman–Crippen MR) is 151 cm³/mol. The number of hydrogen-bond acceptors (Lipinski definition) is 4. The average Bonchev–Trinajstić information content (AvgIpc) is 2.89. The zero-order chi connectivity index (χ0) is 24.0. The quantitative estimate of drug-likeness (QED) is 0.134. The molecule has 0 unspecified atom stereocenters. The molecule has 4 rings (SSSR count). The van der Waals surface area contributed by atoms with Crippen molar-refractivity contribution in [2.45, 2.75) is 27.7 Å². The average molecular weight is 765 g/mol. The standard InChI is InChI=1S/C11H9N.C6H7BO2.C5H4ClN.2C2H6.2CH3.Pd.2Y/c1-2-6-10(7-3-1)11-8-4-5-9-12-11;8-7(9)6-4-2-1-3-5-6;6-5-3-1-2-4-7-5;2*1-2;;;;;/h1-9H;1-5,8-9H;1-4H;2*1-2H3;2*1H3;;;/q;;;;;2*-1;;;. The van der Waals surface area contributed by atoms with Gasteiger partial charge < -0.3 is 24.9 Å².